The van der Waals surface area contributed by atoms with Crippen LogP contribution < -0.4 is 4.74 Å². The summed E-state index contributed by atoms with van der Waals surface area (Å²) < 4.78 is 5.94. The van der Waals surface area contributed by atoms with Crippen LogP contribution in [0.15, 0.2) is 24.3 Å². The fraction of sp³-hybridized carbons (Fsp3) is 0.632. The van der Waals surface area contributed by atoms with Crippen LogP contribution in [0.4, 0.5) is 0 Å². The second-order valence-electron chi connectivity index (χ2n) is 7.00. The Morgan fingerprint density at radius 1 is 1.17 bits per heavy atom. The minimum atomic E-state index is -0.315. The van der Waals surface area contributed by atoms with Crippen molar-refractivity contribution in [1.82, 2.24) is 9.80 Å². The molecule has 3 aliphatic heterocycles. The van der Waals surface area contributed by atoms with Gasteiger partial charge in [0.05, 0.1) is 0 Å². The maximum absolute atomic E-state index is 13.1. The van der Waals surface area contributed by atoms with Gasteiger partial charge in [-0.15, -0.1) is 0 Å². The quantitative estimate of drug-likeness (QED) is 0.859. The van der Waals surface area contributed by atoms with Crippen LogP contribution in [0.2, 0.25) is 0 Å². The molecule has 3 heterocycles. The topological polar surface area (TPSA) is 32.8 Å². The van der Waals surface area contributed by atoms with E-state index in [2.05, 4.69) is 22.8 Å². The number of likely N-dealkylation sites (N-methyl/N-ethyl adjacent to an activating group) is 1. The smallest absolute Gasteiger partial charge is 0.264 e. The van der Waals surface area contributed by atoms with Crippen LogP contribution in [0.25, 0.3) is 0 Å². The number of nitrogens with zero attached hydrogens (tertiary/aromatic N) is 2. The van der Waals surface area contributed by atoms with Crippen molar-refractivity contribution in [3.8, 4) is 5.75 Å². The Bertz CT molecular complexity index is 563. The van der Waals surface area contributed by atoms with Crippen LogP contribution in [0.5, 0.6) is 5.75 Å². The third-order valence-corrected chi connectivity index (χ3v) is 5.77. The van der Waals surface area contributed by atoms with Crippen molar-refractivity contribution in [2.45, 2.75) is 57.2 Å². The van der Waals surface area contributed by atoms with Gasteiger partial charge in [-0.3, -0.25) is 9.69 Å². The maximum atomic E-state index is 13.1. The van der Waals surface area contributed by atoms with E-state index < -0.39 is 0 Å². The molecule has 23 heavy (non-hydrogen) atoms. The zero-order valence-corrected chi connectivity index (χ0v) is 13.9. The lowest BCUT2D eigenvalue weighted by Gasteiger charge is -2.35. The SMILES string of the molecule is CCN1CCC[C@@H]1[C@@H]1CCCN1C(=O)[C@@H]1Cc2ccccc2O1. The summed E-state index contributed by atoms with van der Waals surface area (Å²) in [5.41, 5.74) is 1.16. The van der Waals surface area contributed by atoms with Crippen molar-refractivity contribution in [2.24, 2.45) is 0 Å². The van der Waals surface area contributed by atoms with Crippen LogP contribution in [-0.2, 0) is 11.2 Å². The molecule has 4 nitrogen and oxygen atoms in total. The second kappa shape index (κ2) is 6.16. The van der Waals surface area contributed by atoms with Gasteiger partial charge in [0.15, 0.2) is 6.10 Å². The molecule has 0 spiro atoms. The highest BCUT2D eigenvalue weighted by Gasteiger charge is 2.42. The number of rotatable bonds is 3. The number of hydrogen-bond donors (Lipinski definition) is 0. The first kappa shape index (κ1) is 15.0. The highest BCUT2D eigenvalue weighted by Crippen LogP contribution is 2.33. The third kappa shape index (κ3) is 2.63. The highest BCUT2D eigenvalue weighted by atomic mass is 16.5. The number of carbonyl (C=O) groups excluding carboxylic acids is 1. The number of hydrogen-bond acceptors (Lipinski definition) is 3. The Labute approximate surface area is 138 Å². The number of likely N-dealkylation sites (tertiary alicyclic amines) is 2. The van der Waals surface area contributed by atoms with Crippen molar-refractivity contribution in [1.29, 1.82) is 0 Å². The molecule has 1 aromatic rings. The molecule has 2 fully saturated rings. The van der Waals surface area contributed by atoms with Crippen LogP contribution in [0.3, 0.4) is 0 Å². The minimum Gasteiger partial charge on any atom is -0.480 e. The highest BCUT2D eigenvalue weighted by molar-refractivity contribution is 5.83. The molecule has 0 aliphatic carbocycles. The van der Waals surface area contributed by atoms with Gasteiger partial charge in [-0.25, -0.2) is 0 Å². The van der Waals surface area contributed by atoms with Gasteiger partial charge in [-0.05, 0) is 50.4 Å². The first-order valence-corrected chi connectivity index (χ1v) is 9.07. The molecule has 0 saturated carbocycles. The maximum Gasteiger partial charge on any atom is 0.264 e. The predicted molar refractivity (Wildman–Crippen MR) is 89.6 cm³/mol. The van der Waals surface area contributed by atoms with E-state index in [1.807, 2.05) is 18.2 Å². The van der Waals surface area contributed by atoms with Crippen molar-refractivity contribution >= 4 is 5.91 Å². The summed E-state index contributed by atoms with van der Waals surface area (Å²) in [5, 5.41) is 0. The predicted octanol–water partition coefficient (Wildman–Crippen LogP) is 2.47. The summed E-state index contributed by atoms with van der Waals surface area (Å²) in [6.45, 7) is 5.41. The van der Waals surface area contributed by atoms with Gasteiger partial charge in [0.1, 0.15) is 5.75 Å². The Hall–Kier alpha value is -1.55. The van der Waals surface area contributed by atoms with Crippen molar-refractivity contribution < 1.29 is 9.53 Å². The first-order chi connectivity index (χ1) is 11.3. The largest absolute Gasteiger partial charge is 0.480 e. The van der Waals surface area contributed by atoms with Gasteiger partial charge < -0.3 is 9.64 Å². The van der Waals surface area contributed by atoms with Crippen molar-refractivity contribution in [3.05, 3.63) is 29.8 Å². The van der Waals surface area contributed by atoms with E-state index in [-0.39, 0.29) is 12.0 Å². The lowest BCUT2D eigenvalue weighted by Crippen LogP contribution is -2.51. The van der Waals surface area contributed by atoms with E-state index >= 15 is 0 Å². The zero-order chi connectivity index (χ0) is 15.8. The van der Waals surface area contributed by atoms with E-state index in [0.29, 0.717) is 12.1 Å². The molecular weight excluding hydrogens is 288 g/mol. The molecule has 4 rings (SSSR count). The summed E-state index contributed by atoms with van der Waals surface area (Å²) in [7, 11) is 0. The van der Waals surface area contributed by atoms with Gasteiger partial charge in [-0.2, -0.15) is 0 Å². The Kier molecular flexibility index (Phi) is 4.02. The molecule has 3 aliphatic rings. The van der Waals surface area contributed by atoms with E-state index in [1.165, 1.54) is 19.4 Å². The average Bonchev–Trinajstić information content (AvgIpc) is 3.30. The zero-order valence-electron chi connectivity index (χ0n) is 13.9. The van der Waals surface area contributed by atoms with Gasteiger partial charge in [-0.1, -0.05) is 25.1 Å². The summed E-state index contributed by atoms with van der Waals surface area (Å²) in [6.07, 6.45) is 5.18. The summed E-state index contributed by atoms with van der Waals surface area (Å²) in [6, 6.07) is 8.97. The normalized spacial score (nSPS) is 30.5. The third-order valence-electron chi connectivity index (χ3n) is 5.77. The fourth-order valence-corrected chi connectivity index (χ4v) is 4.65. The van der Waals surface area contributed by atoms with Gasteiger partial charge in [0, 0.05) is 25.0 Å². The summed E-state index contributed by atoms with van der Waals surface area (Å²) >= 11 is 0. The molecule has 0 unspecified atom stereocenters. The van der Waals surface area contributed by atoms with Gasteiger partial charge >= 0.3 is 0 Å². The Morgan fingerprint density at radius 3 is 2.78 bits per heavy atom. The molecule has 124 valence electrons. The number of benzene rings is 1. The van der Waals surface area contributed by atoms with E-state index in [4.69, 9.17) is 4.74 Å². The molecule has 2 saturated heterocycles. The molecule has 0 radical (unpaired) electrons. The number of para-hydroxylation sites is 1. The van der Waals surface area contributed by atoms with Crippen molar-refractivity contribution in [2.75, 3.05) is 19.6 Å². The monoisotopic (exact) mass is 314 g/mol. The Balaban J connectivity index is 1.48. The van der Waals surface area contributed by atoms with Gasteiger partial charge in [0.25, 0.3) is 5.91 Å². The summed E-state index contributed by atoms with van der Waals surface area (Å²) in [5.74, 6) is 1.09. The number of fused-ring (bicyclic) bond motifs is 1. The lowest BCUT2D eigenvalue weighted by atomic mass is 10.0. The molecule has 4 heteroatoms. The fourth-order valence-electron chi connectivity index (χ4n) is 4.65. The van der Waals surface area contributed by atoms with E-state index in [9.17, 15) is 4.79 Å². The summed E-state index contributed by atoms with van der Waals surface area (Å²) in [4.78, 5) is 17.8. The molecule has 1 aromatic carbocycles. The lowest BCUT2D eigenvalue weighted by molar-refractivity contribution is -0.139. The molecule has 1 amide bonds. The number of carbonyl (C=O) groups is 1. The van der Waals surface area contributed by atoms with Crippen molar-refractivity contribution in [3.63, 3.8) is 0 Å². The molecule has 0 aromatic heterocycles. The van der Waals surface area contributed by atoms with E-state index in [0.717, 1.165) is 43.7 Å². The Morgan fingerprint density at radius 2 is 1.96 bits per heavy atom. The van der Waals surface area contributed by atoms with Gasteiger partial charge in [0.2, 0.25) is 0 Å². The van der Waals surface area contributed by atoms with Crippen LogP contribution in [-0.4, -0.2) is 53.5 Å². The van der Waals surface area contributed by atoms with Crippen LogP contribution >= 0.6 is 0 Å². The van der Waals surface area contributed by atoms with Crippen LogP contribution in [0, 0.1) is 0 Å². The second-order valence-corrected chi connectivity index (χ2v) is 7.00. The minimum absolute atomic E-state index is 0.201. The number of ether oxygens (including phenoxy) is 1. The molecule has 3 atom stereocenters. The van der Waals surface area contributed by atoms with Crippen LogP contribution in [0.1, 0.15) is 38.2 Å². The standard InChI is InChI=1S/C19H26N2O2/c1-2-20-11-5-8-15(20)16-9-6-12-21(16)19(22)18-13-14-7-3-4-10-17(14)23-18/h3-4,7,10,15-16,18H,2,5-6,8-9,11-13H2,1H3/t15-,16+,18+/m1/s1. The van der Waals surface area contributed by atoms with E-state index in [1.54, 1.807) is 0 Å². The average molecular weight is 314 g/mol. The molecular formula is C19H26N2O2. The first-order valence-electron chi connectivity index (χ1n) is 9.07. The molecule has 0 bridgehead atoms. The number of amides is 1. The molecule has 0 N–H and O–H groups in total.